The van der Waals surface area contributed by atoms with Gasteiger partial charge in [0.2, 0.25) is 11.9 Å². The zero-order valence-corrected chi connectivity index (χ0v) is 24.5. The highest BCUT2D eigenvalue weighted by molar-refractivity contribution is 5.98. The first kappa shape index (κ1) is 26.8. The first-order valence-electron chi connectivity index (χ1n) is 13.6. The predicted octanol–water partition coefficient (Wildman–Crippen LogP) is 5.83. The van der Waals surface area contributed by atoms with E-state index in [0.29, 0.717) is 17.5 Å². The van der Waals surface area contributed by atoms with Crippen molar-refractivity contribution in [3.05, 3.63) is 84.3 Å². The Morgan fingerprint density at radius 2 is 1.19 bits per heavy atom. The Balaban J connectivity index is 1.63. The maximum Gasteiger partial charge on any atom is 0.240 e. The molecule has 0 saturated heterocycles. The van der Waals surface area contributed by atoms with Crippen LogP contribution in [0.5, 0.6) is 0 Å². The van der Waals surface area contributed by atoms with Crippen LogP contribution in [0.25, 0.3) is 33.3 Å². The fraction of sp³-hybridized carbons (Fsp3) is 0.188. The average molecular weight is 557 g/mol. The highest BCUT2D eigenvalue weighted by Crippen LogP contribution is 2.39. The van der Waals surface area contributed by atoms with Crippen LogP contribution in [-0.4, -0.2) is 58.1 Å². The summed E-state index contributed by atoms with van der Waals surface area (Å²) < 4.78 is 0. The van der Waals surface area contributed by atoms with Gasteiger partial charge in [0.1, 0.15) is 5.69 Å². The molecule has 0 aliphatic rings. The summed E-state index contributed by atoms with van der Waals surface area (Å²) in [4.78, 5) is 34.1. The monoisotopic (exact) mass is 556 g/mol. The van der Waals surface area contributed by atoms with E-state index in [2.05, 4.69) is 49.0 Å². The smallest absolute Gasteiger partial charge is 0.240 e. The molecule has 0 fully saturated rings. The number of hydrogen-bond acceptors (Lipinski definition) is 10. The molecule has 0 atom stereocenters. The van der Waals surface area contributed by atoms with Crippen LogP contribution >= 0.6 is 0 Å². The normalized spacial score (nSPS) is 11.2. The average Bonchev–Trinajstić information content (AvgIpc) is 2.96. The van der Waals surface area contributed by atoms with Crippen LogP contribution in [0.3, 0.4) is 0 Å². The number of hydrogen-bond donors (Lipinski definition) is 1. The van der Waals surface area contributed by atoms with Gasteiger partial charge in [0, 0.05) is 79.3 Å². The molecule has 10 nitrogen and oxygen atoms in total. The topological polar surface area (TPSA) is 113 Å². The standard InChI is InChI=1S/C32H32N10/c1-19-15-28(40(3)4)23-17-21(10-12-25(23)35-19)42(32-38-30(37-31(33)39-32)27-9-7-8-14-34-27)22-11-13-26-24(18-22)29(41(5)6)16-20(2)36-26/h7-18H,1-6H3,(H2,33,37,38,39). The Morgan fingerprint density at radius 3 is 1.69 bits per heavy atom. The van der Waals surface area contributed by atoms with Crippen molar-refractivity contribution in [2.75, 3.05) is 48.6 Å². The molecule has 2 aromatic carbocycles. The summed E-state index contributed by atoms with van der Waals surface area (Å²) in [5, 5.41) is 2.01. The van der Waals surface area contributed by atoms with Gasteiger partial charge in [-0.05, 0) is 74.5 Å². The van der Waals surface area contributed by atoms with E-state index in [9.17, 15) is 0 Å². The Hall–Kier alpha value is -5.38. The molecule has 42 heavy (non-hydrogen) atoms. The lowest BCUT2D eigenvalue weighted by molar-refractivity contribution is 1.02. The van der Waals surface area contributed by atoms with Gasteiger partial charge >= 0.3 is 0 Å². The molecule has 2 N–H and O–H groups in total. The van der Waals surface area contributed by atoms with Gasteiger partial charge in [0.15, 0.2) is 5.82 Å². The van der Waals surface area contributed by atoms with Gasteiger partial charge in [0.25, 0.3) is 0 Å². The minimum Gasteiger partial charge on any atom is -0.377 e. The van der Waals surface area contributed by atoms with Crippen molar-refractivity contribution in [2.24, 2.45) is 0 Å². The molecule has 4 aromatic heterocycles. The predicted molar refractivity (Wildman–Crippen MR) is 171 cm³/mol. The summed E-state index contributed by atoms with van der Waals surface area (Å²) in [6.07, 6.45) is 1.70. The second-order valence-corrected chi connectivity index (χ2v) is 10.6. The molecule has 0 amide bonds. The molecule has 10 heteroatoms. The molecule has 0 unspecified atom stereocenters. The van der Waals surface area contributed by atoms with Gasteiger partial charge in [-0.1, -0.05) is 6.07 Å². The van der Waals surface area contributed by atoms with Gasteiger partial charge in [-0.3, -0.25) is 19.9 Å². The SMILES string of the molecule is Cc1cc(N(C)C)c2cc(N(c3ccc4nc(C)cc(N(C)C)c4c3)c3nc(N)nc(-c4ccccn4)n3)ccc2n1. The molecule has 210 valence electrons. The lowest BCUT2D eigenvalue weighted by Gasteiger charge is -2.26. The van der Waals surface area contributed by atoms with Crippen LogP contribution in [0, 0.1) is 13.8 Å². The van der Waals surface area contributed by atoms with E-state index in [-0.39, 0.29) is 5.95 Å². The van der Waals surface area contributed by atoms with E-state index in [0.717, 1.165) is 55.9 Å². The van der Waals surface area contributed by atoms with Crippen molar-refractivity contribution in [1.82, 2.24) is 29.9 Å². The van der Waals surface area contributed by atoms with E-state index < -0.39 is 0 Å². The van der Waals surface area contributed by atoms with Gasteiger partial charge in [-0.2, -0.15) is 15.0 Å². The second kappa shape index (κ2) is 10.5. The van der Waals surface area contributed by atoms with Crippen molar-refractivity contribution in [2.45, 2.75) is 13.8 Å². The third-order valence-electron chi connectivity index (χ3n) is 7.01. The lowest BCUT2D eigenvalue weighted by Crippen LogP contribution is -2.17. The van der Waals surface area contributed by atoms with Crippen molar-refractivity contribution in [3.63, 3.8) is 0 Å². The van der Waals surface area contributed by atoms with Gasteiger partial charge in [-0.15, -0.1) is 0 Å². The lowest BCUT2D eigenvalue weighted by atomic mass is 10.1. The third-order valence-corrected chi connectivity index (χ3v) is 7.01. The number of nitrogens with zero attached hydrogens (tertiary/aromatic N) is 9. The molecule has 0 aliphatic heterocycles. The van der Waals surface area contributed by atoms with Gasteiger partial charge < -0.3 is 15.5 Å². The van der Waals surface area contributed by atoms with Crippen LogP contribution in [0.4, 0.5) is 34.6 Å². The number of fused-ring (bicyclic) bond motifs is 2. The third kappa shape index (κ3) is 4.98. The molecular weight excluding hydrogens is 524 g/mol. The molecule has 6 rings (SSSR count). The summed E-state index contributed by atoms with van der Waals surface area (Å²) in [5.41, 5.74) is 14.4. The molecule has 6 aromatic rings. The number of pyridine rings is 3. The molecule has 0 aliphatic carbocycles. The van der Waals surface area contributed by atoms with Crippen LogP contribution in [-0.2, 0) is 0 Å². The fourth-order valence-electron chi connectivity index (χ4n) is 5.14. The number of benzene rings is 2. The van der Waals surface area contributed by atoms with E-state index in [4.69, 9.17) is 20.7 Å². The minimum absolute atomic E-state index is 0.102. The van der Waals surface area contributed by atoms with Crippen LogP contribution in [0.15, 0.2) is 72.9 Å². The molecule has 0 saturated carbocycles. The number of aryl methyl sites for hydroxylation is 2. The quantitative estimate of drug-likeness (QED) is 0.269. The first-order valence-corrected chi connectivity index (χ1v) is 13.6. The Labute approximate surface area is 244 Å². The Morgan fingerprint density at radius 1 is 0.619 bits per heavy atom. The zero-order chi connectivity index (χ0) is 29.5. The van der Waals surface area contributed by atoms with Gasteiger partial charge in [-0.25, -0.2) is 0 Å². The minimum atomic E-state index is 0.102. The van der Waals surface area contributed by atoms with Crippen molar-refractivity contribution < 1.29 is 0 Å². The van der Waals surface area contributed by atoms with Crippen molar-refractivity contribution >= 4 is 56.5 Å². The van der Waals surface area contributed by atoms with Crippen LogP contribution in [0.1, 0.15) is 11.4 Å². The Bertz CT molecular complexity index is 1840. The number of nitrogens with two attached hydrogens (primary N) is 1. The van der Waals surface area contributed by atoms with E-state index in [1.807, 2.05) is 89.4 Å². The highest BCUT2D eigenvalue weighted by Gasteiger charge is 2.21. The number of nitrogen functional groups attached to an aromatic ring is 1. The summed E-state index contributed by atoms with van der Waals surface area (Å²) >= 11 is 0. The molecule has 0 radical (unpaired) electrons. The summed E-state index contributed by atoms with van der Waals surface area (Å²) in [6, 6.07) is 22.1. The molecular formula is C32H32N10. The highest BCUT2D eigenvalue weighted by atomic mass is 15.3. The summed E-state index contributed by atoms with van der Waals surface area (Å²) in [5.74, 6) is 0.867. The fourth-order valence-corrected chi connectivity index (χ4v) is 5.14. The molecule has 4 heterocycles. The van der Waals surface area contributed by atoms with Crippen LogP contribution in [0.2, 0.25) is 0 Å². The summed E-state index contributed by atoms with van der Waals surface area (Å²) in [7, 11) is 8.13. The maximum atomic E-state index is 6.28. The molecule has 0 bridgehead atoms. The Kier molecular flexibility index (Phi) is 6.74. The molecule has 0 spiro atoms. The van der Waals surface area contributed by atoms with E-state index >= 15 is 0 Å². The number of anilines is 6. The largest absolute Gasteiger partial charge is 0.377 e. The van der Waals surface area contributed by atoms with Crippen molar-refractivity contribution in [1.29, 1.82) is 0 Å². The van der Waals surface area contributed by atoms with E-state index in [1.54, 1.807) is 6.20 Å². The second-order valence-electron chi connectivity index (χ2n) is 10.6. The van der Waals surface area contributed by atoms with E-state index in [1.165, 1.54) is 0 Å². The zero-order valence-electron chi connectivity index (χ0n) is 24.5. The maximum absolute atomic E-state index is 6.28. The van der Waals surface area contributed by atoms with Crippen molar-refractivity contribution in [3.8, 4) is 11.5 Å². The first-order chi connectivity index (χ1) is 20.2. The summed E-state index contributed by atoms with van der Waals surface area (Å²) in [6.45, 7) is 4.01. The van der Waals surface area contributed by atoms with Gasteiger partial charge in [0.05, 0.1) is 11.0 Å². The number of rotatable bonds is 6. The number of aromatic nitrogens is 6. The van der Waals surface area contributed by atoms with Crippen LogP contribution < -0.4 is 20.4 Å².